The third-order valence-electron chi connectivity index (χ3n) is 2.48. The maximum atomic E-state index is 13.6. The number of anilines is 1. The highest BCUT2D eigenvalue weighted by atomic mass is 32.2. The summed E-state index contributed by atoms with van der Waals surface area (Å²) in [5, 5.41) is 3.74. The van der Waals surface area contributed by atoms with Gasteiger partial charge >= 0.3 is 0 Å². The van der Waals surface area contributed by atoms with E-state index in [2.05, 4.69) is 22.2 Å². The van der Waals surface area contributed by atoms with Gasteiger partial charge in [0.15, 0.2) is 0 Å². The number of hydrogen-bond donors (Lipinski definition) is 1. The third kappa shape index (κ3) is 3.90. The van der Waals surface area contributed by atoms with Crippen molar-refractivity contribution in [2.75, 3.05) is 11.9 Å². The Hall–Kier alpha value is -1.69. The second kappa shape index (κ2) is 6.65. The highest BCUT2D eigenvalue weighted by Crippen LogP contribution is 2.30. The molecule has 0 bridgehead atoms. The predicted octanol–water partition coefficient (Wildman–Crippen LogP) is 4.04. The van der Waals surface area contributed by atoms with Crippen LogP contribution in [0.4, 0.5) is 14.6 Å². The zero-order valence-corrected chi connectivity index (χ0v) is 12.1. The van der Waals surface area contributed by atoms with Gasteiger partial charge < -0.3 is 5.32 Å². The van der Waals surface area contributed by atoms with Gasteiger partial charge in [-0.2, -0.15) is 0 Å². The van der Waals surface area contributed by atoms with Crippen LogP contribution in [0, 0.1) is 18.6 Å². The van der Waals surface area contributed by atoms with Gasteiger partial charge in [-0.3, -0.25) is 0 Å². The minimum Gasteiger partial charge on any atom is -0.370 e. The number of nitrogens with one attached hydrogen (secondary N) is 1. The molecule has 3 nitrogen and oxygen atoms in total. The lowest BCUT2D eigenvalue weighted by Crippen LogP contribution is -2.04. The molecule has 106 valence electrons. The molecule has 6 heteroatoms. The summed E-state index contributed by atoms with van der Waals surface area (Å²) in [4.78, 5) is 8.69. The lowest BCUT2D eigenvalue weighted by Gasteiger charge is -2.08. The number of aryl methyl sites for hydroxylation is 1. The topological polar surface area (TPSA) is 37.8 Å². The van der Waals surface area contributed by atoms with Gasteiger partial charge in [0.25, 0.3) is 0 Å². The largest absolute Gasteiger partial charge is 0.370 e. The molecular weight excluding hydrogens is 280 g/mol. The average Bonchev–Trinajstić information content (AvgIpc) is 2.40. The van der Waals surface area contributed by atoms with Gasteiger partial charge in [-0.15, -0.1) is 0 Å². The van der Waals surface area contributed by atoms with E-state index in [0.717, 1.165) is 42.9 Å². The molecule has 0 saturated carbocycles. The van der Waals surface area contributed by atoms with Crippen LogP contribution in [0.5, 0.6) is 0 Å². The van der Waals surface area contributed by atoms with Gasteiger partial charge in [0, 0.05) is 12.6 Å². The maximum absolute atomic E-state index is 13.6. The van der Waals surface area contributed by atoms with E-state index in [1.54, 1.807) is 13.0 Å². The highest BCUT2D eigenvalue weighted by molar-refractivity contribution is 7.99. The summed E-state index contributed by atoms with van der Waals surface area (Å²) in [5.74, 6) is 0.351. The lowest BCUT2D eigenvalue weighted by atomic mass is 10.3. The van der Waals surface area contributed by atoms with Crippen LogP contribution in [0.2, 0.25) is 0 Å². The van der Waals surface area contributed by atoms with E-state index in [1.807, 2.05) is 0 Å². The molecule has 0 aliphatic heterocycles. The highest BCUT2D eigenvalue weighted by Gasteiger charge is 2.09. The molecule has 1 aromatic heterocycles. The van der Waals surface area contributed by atoms with Crippen LogP contribution in [0.15, 0.2) is 34.2 Å². The van der Waals surface area contributed by atoms with Crippen molar-refractivity contribution in [3.63, 3.8) is 0 Å². The van der Waals surface area contributed by atoms with Crippen LogP contribution in [0.3, 0.4) is 0 Å². The average molecular weight is 295 g/mol. The van der Waals surface area contributed by atoms with Gasteiger partial charge in [0.1, 0.15) is 28.3 Å². The summed E-state index contributed by atoms with van der Waals surface area (Å²) in [7, 11) is 0. The molecule has 0 amide bonds. The summed E-state index contributed by atoms with van der Waals surface area (Å²) in [5.41, 5.74) is 0. The normalized spacial score (nSPS) is 10.6. The van der Waals surface area contributed by atoms with Crippen LogP contribution >= 0.6 is 11.8 Å². The number of benzene rings is 1. The Morgan fingerprint density at radius 2 is 2.00 bits per heavy atom. The molecule has 0 spiro atoms. The van der Waals surface area contributed by atoms with Gasteiger partial charge in [-0.1, -0.05) is 18.7 Å². The molecule has 0 aliphatic rings. The minimum atomic E-state index is -0.469. The molecule has 1 heterocycles. The fourth-order valence-electron chi connectivity index (χ4n) is 1.60. The molecule has 1 N–H and O–H groups in total. The van der Waals surface area contributed by atoms with Crippen LogP contribution in [-0.2, 0) is 0 Å². The smallest absolute Gasteiger partial charge is 0.137 e. The van der Waals surface area contributed by atoms with Crippen molar-refractivity contribution in [3.8, 4) is 0 Å². The molecule has 2 rings (SSSR count). The third-order valence-corrected chi connectivity index (χ3v) is 3.43. The Labute approximate surface area is 120 Å². The Kier molecular flexibility index (Phi) is 4.89. The van der Waals surface area contributed by atoms with E-state index in [4.69, 9.17) is 0 Å². The first-order chi connectivity index (χ1) is 9.58. The van der Waals surface area contributed by atoms with Crippen molar-refractivity contribution in [2.45, 2.75) is 30.2 Å². The standard InChI is InChI=1S/C14H15F2N3S/c1-3-6-17-13-8-14(19-9(2)18-13)20-12-7-10(15)4-5-11(12)16/h4-5,7-8H,3,6H2,1-2H3,(H,17,18,19). The molecule has 0 unspecified atom stereocenters. The minimum absolute atomic E-state index is 0.213. The van der Waals surface area contributed by atoms with Crippen LogP contribution in [0.1, 0.15) is 19.2 Å². The van der Waals surface area contributed by atoms with E-state index in [0.29, 0.717) is 16.7 Å². The summed E-state index contributed by atoms with van der Waals surface area (Å²) < 4.78 is 26.8. The fraction of sp³-hybridized carbons (Fsp3) is 0.286. The Bertz CT molecular complexity index is 605. The van der Waals surface area contributed by atoms with Crippen molar-refractivity contribution in [3.05, 3.63) is 41.7 Å². The number of rotatable bonds is 5. The summed E-state index contributed by atoms with van der Waals surface area (Å²) in [6.07, 6.45) is 0.976. The predicted molar refractivity (Wildman–Crippen MR) is 76.0 cm³/mol. The SMILES string of the molecule is CCCNc1cc(Sc2cc(F)ccc2F)nc(C)n1. The zero-order chi connectivity index (χ0) is 14.5. The number of halogens is 2. The van der Waals surface area contributed by atoms with Gasteiger partial charge in [0.2, 0.25) is 0 Å². The molecule has 1 aromatic carbocycles. The van der Waals surface area contributed by atoms with E-state index < -0.39 is 11.6 Å². The van der Waals surface area contributed by atoms with Crippen LogP contribution < -0.4 is 5.32 Å². The fourth-order valence-corrected chi connectivity index (χ4v) is 2.51. The number of hydrogen-bond acceptors (Lipinski definition) is 4. The van der Waals surface area contributed by atoms with Crippen molar-refractivity contribution < 1.29 is 8.78 Å². The van der Waals surface area contributed by atoms with E-state index in [9.17, 15) is 8.78 Å². The van der Waals surface area contributed by atoms with Crippen molar-refractivity contribution in [1.82, 2.24) is 9.97 Å². The summed E-state index contributed by atoms with van der Waals surface area (Å²) >= 11 is 1.08. The summed E-state index contributed by atoms with van der Waals surface area (Å²) in [6.45, 7) is 4.62. The van der Waals surface area contributed by atoms with Crippen molar-refractivity contribution in [1.29, 1.82) is 0 Å². The van der Waals surface area contributed by atoms with Crippen molar-refractivity contribution in [2.24, 2.45) is 0 Å². The quantitative estimate of drug-likeness (QED) is 0.845. The molecule has 0 fully saturated rings. The van der Waals surface area contributed by atoms with Crippen LogP contribution in [0.25, 0.3) is 0 Å². The van der Waals surface area contributed by atoms with Gasteiger partial charge in [0.05, 0.1) is 4.90 Å². The first kappa shape index (κ1) is 14.7. The Morgan fingerprint density at radius 1 is 1.20 bits per heavy atom. The molecule has 0 aliphatic carbocycles. The molecule has 0 saturated heterocycles. The number of aromatic nitrogens is 2. The molecule has 2 aromatic rings. The van der Waals surface area contributed by atoms with Gasteiger partial charge in [-0.25, -0.2) is 18.7 Å². The van der Waals surface area contributed by atoms with E-state index >= 15 is 0 Å². The van der Waals surface area contributed by atoms with E-state index in [1.165, 1.54) is 0 Å². The van der Waals surface area contributed by atoms with Crippen LogP contribution in [-0.4, -0.2) is 16.5 Å². The molecule has 20 heavy (non-hydrogen) atoms. The molecule has 0 radical (unpaired) electrons. The molecule has 0 atom stereocenters. The lowest BCUT2D eigenvalue weighted by molar-refractivity contribution is 0.577. The zero-order valence-electron chi connectivity index (χ0n) is 11.3. The second-order valence-electron chi connectivity index (χ2n) is 4.24. The monoisotopic (exact) mass is 295 g/mol. The van der Waals surface area contributed by atoms with Gasteiger partial charge in [-0.05, 0) is 31.5 Å². The first-order valence-corrected chi connectivity index (χ1v) is 7.12. The summed E-state index contributed by atoms with van der Waals surface area (Å²) in [6, 6.07) is 5.11. The molecular formula is C14H15F2N3S. The Morgan fingerprint density at radius 3 is 2.75 bits per heavy atom. The maximum Gasteiger partial charge on any atom is 0.137 e. The number of nitrogens with zero attached hydrogens (tertiary/aromatic N) is 2. The second-order valence-corrected chi connectivity index (χ2v) is 5.30. The van der Waals surface area contributed by atoms with E-state index in [-0.39, 0.29) is 4.90 Å². The Balaban J connectivity index is 2.24. The first-order valence-electron chi connectivity index (χ1n) is 6.31. The van der Waals surface area contributed by atoms with Crippen molar-refractivity contribution >= 4 is 17.6 Å².